The Kier molecular flexibility index (Phi) is 4.80. The van der Waals surface area contributed by atoms with Crippen molar-refractivity contribution < 1.29 is 9.66 Å². The van der Waals surface area contributed by atoms with Gasteiger partial charge in [0.15, 0.2) is 0 Å². The Balaban J connectivity index is 2.27. The smallest absolute Gasteiger partial charge is 0.278 e. The fourth-order valence-electron chi connectivity index (χ4n) is 1.93. The molecule has 0 N–H and O–H groups in total. The highest BCUT2D eigenvalue weighted by molar-refractivity contribution is 9.10. The Morgan fingerprint density at radius 3 is 2.81 bits per heavy atom. The third kappa shape index (κ3) is 3.51. The van der Waals surface area contributed by atoms with Gasteiger partial charge in [-0.1, -0.05) is 27.5 Å². The number of aromatic nitrogens is 1. The van der Waals surface area contributed by atoms with Crippen molar-refractivity contribution in [1.82, 2.24) is 4.98 Å². The molecule has 0 fully saturated rings. The number of hydrogen-bond donors (Lipinski definition) is 0. The van der Waals surface area contributed by atoms with E-state index in [1.54, 1.807) is 32.0 Å². The molecule has 0 amide bonds. The molecule has 0 saturated carbocycles. The summed E-state index contributed by atoms with van der Waals surface area (Å²) in [6.45, 7) is 3.44. The Morgan fingerprint density at radius 2 is 2.14 bits per heavy atom. The summed E-state index contributed by atoms with van der Waals surface area (Å²) < 4.78 is 6.45. The van der Waals surface area contributed by atoms with E-state index in [4.69, 9.17) is 16.3 Å². The van der Waals surface area contributed by atoms with Crippen molar-refractivity contribution in [3.63, 3.8) is 0 Å². The summed E-state index contributed by atoms with van der Waals surface area (Å²) in [6, 6.07) is 5.24. The molecule has 0 atom stereocenters. The molecule has 110 valence electrons. The molecule has 0 aliphatic rings. The van der Waals surface area contributed by atoms with Crippen LogP contribution in [0.2, 0.25) is 5.02 Å². The quantitative estimate of drug-likeness (QED) is 0.582. The Hall–Kier alpha value is -1.66. The zero-order chi connectivity index (χ0) is 15.6. The zero-order valence-corrected chi connectivity index (χ0v) is 13.7. The summed E-state index contributed by atoms with van der Waals surface area (Å²) in [5.41, 5.74) is 1.63. The third-order valence-corrected chi connectivity index (χ3v) is 3.82. The van der Waals surface area contributed by atoms with Crippen LogP contribution < -0.4 is 4.74 Å². The number of halogens is 2. The van der Waals surface area contributed by atoms with Crippen LogP contribution in [-0.2, 0) is 6.61 Å². The van der Waals surface area contributed by atoms with Gasteiger partial charge < -0.3 is 4.74 Å². The van der Waals surface area contributed by atoms with Gasteiger partial charge >= 0.3 is 0 Å². The molecule has 2 rings (SSSR count). The van der Waals surface area contributed by atoms with Gasteiger partial charge in [-0.05, 0) is 32.0 Å². The largest absolute Gasteiger partial charge is 0.486 e. The maximum Gasteiger partial charge on any atom is 0.278 e. The molecule has 0 aliphatic carbocycles. The second-order valence-electron chi connectivity index (χ2n) is 4.48. The van der Waals surface area contributed by atoms with Crippen LogP contribution in [0.25, 0.3) is 0 Å². The number of benzene rings is 1. The molecule has 1 aromatic carbocycles. The first-order valence-electron chi connectivity index (χ1n) is 6.07. The first-order chi connectivity index (χ1) is 9.90. The van der Waals surface area contributed by atoms with Crippen molar-refractivity contribution in [2.75, 3.05) is 0 Å². The summed E-state index contributed by atoms with van der Waals surface area (Å²) in [6.07, 6.45) is 1.48. The molecule has 0 aliphatic heterocycles. The van der Waals surface area contributed by atoms with Crippen molar-refractivity contribution in [3.05, 3.63) is 60.8 Å². The van der Waals surface area contributed by atoms with Gasteiger partial charge in [0.05, 0.1) is 21.2 Å². The number of pyridine rings is 1. The first kappa shape index (κ1) is 15.7. The van der Waals surface area contributed by atoms with Crippen molar-refractivity contribution in [1.29, 1.82) is 0 Å². The Bertz CT molecular complexity index is 707. The topological polar surface area (TPSA) is 65.3 Å². The Labute approximate surface area is 135 Å². The van der Waals surface area contributed by atoms with Crippen LogP contribution >= 0.6 is 27.5 Å². The molecule has 1 aromatic heterocycles. The lowest BCUT2D eigenvalue weighted by atomic mass is 10.1. The molecule has 0 radical (unpaired) electrons. The first-order valence-corrected chi connectivity index (χ1v) is 7.24. The van der Waals surface area contributed by atoms with Gasteiger partial charge in [0.25, 0.3) is 5.69 Å². The number of hydrogen-bond acceptors (Lipinski definition) is 4. The fourth-order valence-corrected chi connectivity index (χ4v) is 2.44. The van der Waals surface area contributed by atoms with E-state index in [1.807, 2.05) is 0 Å². The average molecular weight is 372 g/mol. The number of nitro groups is 1. The highest BCUT2D eigenvalue weighted by Gasteiger charge is 2.19. The SMILES string of the molecule is Cc1cnc(COc2cc(Br)ccc2Cl)c(C)c1[N+](=O)[O-]. The van der Waals surface area contributed by atoms with E-state index in [2.05, 4.69) is 20.9 Å². The molecule has 0 spiro atoms. The normalized spacial score (nSPS) is 10.5. The van der Waals surface area contributed by atoms with Crippen LogP contribution in [0.15, 0.2) is 28.9 Å². The lowest BCUT2D eigenvalue weighted by Gasteiger charge is -2.10. The van der Waals surface area contributed by atoms with Gasteiger partial charge in [0.2, 0.25) is 0 Å². The highest BCUT2D eigenvalue weighted by Crippen LogP contribution is 2.30. The van der Waals surface area contributed by atoms with Crippen molar-refractivity contribution in [2.45, 2.75) is 20.5 Å². The van der Waals surface area contributed by atoms with Gasteiger partial charge in [-0.3, -0.25) is 15.1 Å². The summed E-state index contributed by atoms with van der Waals surface area (Å²) >= 11 is 9.37. The zero-order valence-electron chi connectivity index (χ0n) is 11.4. The van der Waals surface area contributed by atoms with E-state index < -0.39 is 4.92 Å². The standard InChI is InChI=1S/C14H12BrClN2O3/c1-8-6-17-12(9(2)14(8)18(19)20)7-21-13-5-10(15)3-4-11(13)16/h3-6H,7H2,1-2H3. The minimum absolute atomic E-state index is 0.0731. The van der Waals surface area contributed by atoms with Crippen LogP contribution in [0.5, 0.6) is 5.75 Å². The van der Waals surface area contributed by atoms with Crippen molar-refractivity contribution >= 4 is 33.2 Å². The van der Waals surface area contributed by atoms with E-state index in [1.165, 1.54) is 6.20 Å². The second kappa shape index (κ2) is 6.41. The molecule has 7 heteroatoms. The molecular weight excluding hydrogens is 360 g/mol. The monoisotopic (exact) mass is 370 g/mol. The van der Waals surface area contributed by atoms with Gasteiger partial charge in [-0.2, -0.15) is 0 Å². The molecule has 0 bridgehead atoms. The number of rotatable bonds is 4. The molecule has 1 heterocycles. The minimum Gasteiger partial charge on any atom is -0.486 e. The number of nitrogens with zero attached hydrogens (tertiary/aromatic N) is 2. The molecule has 0 saturated heterocycles. The van der Waals surface area contributed by atoms with E-state index in [-0.39, 0.29) is 12.3 Å². The molecule has 5 nitrogen and oxygen atoms in total. The predicted octanol–water partition coefficient (Wildman–Crippen LogP) is 4.60. The lowest BCUT2D eigenvalue weighted by molar-refractivity contribution is -0.386. The molecule has 2 aromatic rings. The second-order valence-corrected chi connectivity index (χ2v) is 5.80. The van der Waals surface area contributed by atoms with E-state index in [9.17, 15) is 10.1 Å². The number of aryl methyl sites for hydroxylation is 1. The van der Waals surface area contributed by atoms with Gasteiger partial charge in [0, 0.05) is 16.2 Å². The fraction of sp³-hybridized carbons (Fsp3) is 0.214. The Morgan fingerprint density at radius 1 is 1.43 bits per heavy atom. The van der Waals surface area contributed by atoms with Crippen molar-refractivity contribution in [2.24, 2.45) is 0 Å². The van der Waals surface area contributed by atoms with Gasteiger partial charge in [0.1, 0.15) is 12.4 Å². The van der Waals surface area contributed by atoms with Crippen LogP contribution in [-0.4, -0.2) is 9.91 Å². The average Bonchev–Trinajstić information content (AvgIpc) is 2.41. The highest BCUT2D eigenvalue weighted by atomic mass is 79.9. The number of ether oxygens (including phenoxy) is 1. The van der Waals surface area contributed by atoms with E-state index >= 15 is 0 Å². The van der Waals surface area contributed by atoms with E-state index in [0.29, 0.717) is 27.6 Å². The lowest BCUT2D eigenvalue weighted by Crippen LogP contribution is -2.05. The summed E-state index contributed by atoms with van der Waals surface area (Å²) in [5.74, 6) is 0.496. The summed E-state index contributed by atoms with van der Waals surface area (Å²) in [7, 11) is 0. The maximum atomic E-state index is 11.1. The molecule has 21 heavy (non-hydrogen) atoms. The summed E-state index contributed by atoms with van der Waals surface area (Å²) in [4.78, 5) is 14.9. The third-order valence-electron chi connectivity index (χ3n) is 3.02. The van der Waals surface area contributed by atoms with Gasteiger partial charge in [-0.25, -0.2) is 0 Å². The predicted molar refractivity (Wildman–Crippen MR) is 83.8 cm³/mol. The maximum absolute atomic E-state index is 11.1. The van der Waals surface area contributed by atoms with Crippen LogP contribution in [0.3, 0.4) is 0 Å². The molecule has 0 unspecified atom stereocenters. The summed E-state index contributed by atoms with van der Waals surface area (Å²) in [5, 5.41) is 11.5. The van der Waals surface area contributed by atoms with E-state index in [0.717, 1.165) is 4.47 Å². The van der Waals surface area contributed by atoms with Crippen LogP contribution in [0.1, 0.15) is 16.8 Å². The van der Waals surface area contributed by atoms with Crippen LogP contribution in [0, 0.1) is 24.0 Å². The van der Waals surface area contributed by atoms with Crippen LogP contribution in [0.4, 0.5) is 5.69 Å². The van der Waals surface area contributed by atoms with Gasteiger partial charge in [-0.15, -0.1) is 0 Å². The minimum atomic E-state index is -0.401. The molecular formula is C14H12BrClN2O3. The van der Waals surface area contributed by atoms with Crippen molar-refractivity contribution in [3.8, 4) is 5.75 Å².